The first-order chi connectivity index (χ1) is 7.39. The number of nitrogen functional groups attached to an aromatic ring is 1. The average molecular weight is 240 g/mol. The van der Waals surface area contributed by atoms with Crippen LogP contribution in [0.25, 0.3) is 0 Å². The van der Waals surface area contributed by atoms with E-state index in [1.165, 1.54) is 23.5 Å². The van der Waals surface area contributed by atoms with E-state index in [1.54, 1.807) is 12.1 Å². The molecule has 0 aliphatic rings. The van der Waals surface area contributed by atoms with E-state index in [-0.39, 0.29) is 17.1 Å². The van der Waals surface area contributed by atoms with Gasteiger partial charge in [0.15, 0.2) is 0 Å². The molecule has 88 valence electrons. The third kappa shape index (κ3) is 2.43. The third-order valence-electron chi connectivity index (χ3n) is 2.24. The zero-order chi connectivity index (χ0) is 12.3. The van der Waals surface area contributed by atoms with Crippen molar-refractivity contribution in [3.63, 3.8) is 0 Å². The Morgan fingerprint density at radius 1 is 1.50 bits per heavy atom. The third-order valence-corrected chi connectivity index (χ3v) is 4.14. The lowest BCUT2D eigenvalue weighted by Gasteiger charge is -2.16. The van der Waals surface area contributed by atoms with Gasteiger partial charge in [-0.3, -0.25) is 0 Å². The minimum atomic E-state index is -3.51. The second kappa shape index (κ2) is 4.67. The molecule has 0 fully saturated rings. The van der Waals surface area contributed by atoms with Gasteiger partial charge in [0.2, 0.25) is 10.0 Å². The predicted octanol–water partition coefficient (Wildman–Crippen LogP) is 1.38. The summed E-state index contributed by atoms with van der Waals surface area (Å²) < 4.78 is 25.3. The highest BCUT2D eigenvalue weighted by atomic mass is 32.2. The molecule has 1 aromatic carbocycles. The number of hydrogen-bond acceptors (Lipinski definition) is 3. The number of rotatable bonds is 4. The summed E-state index contributed by atoms with van der Waals surface area (Å²) in [6.07, 6.45) is 1.53. The molecule has 0 aliphatic heterocycles. The minimum absolute atomic E-state index is 0.141. The Labute approximate surface area is 96.4 Å². The van der Waals surface area contributed by atoms with Crippen molar-refractivity contribution in [1.82, 2.24) is 4.31 Å². The number of aryl methyl sites for hydroxylation is 1. The molecule has 0 amide bonds. The van der Waals surface area contributed by atoms with Crippen LogP contribution in [0.1, 0.15) is 5.56 Å². The average Bonchev–Trinajstić information content (AvgIpc) is 2.17. The van der Waals surface area contributed by atoms with E-state index >= 15 is 0 Å². The van der Waals surface area contributed by atoms with Crippen molar-refractivity contribution in [3.05, 3.63) is 36.4 Å². The Kier molecular flexibility index (Phi) is 3.72. The van der Waals surface area contributed by atoms with Gasteiger partial charge in [0.1, 0.15) is 4.90 Å². The SMILES string of the molecule is C=CCN(C)S(=O)(=O)c1ccc(C)cc1N. The van der Waals surface area contributed by atoms with Crippen molar-refractivity contribution in [2.45, 2.75) is 11.8 Å². The molecule has 1 rings (SSSR count). The number of benzene rings is 1. The van der Waals surface area contributed by atoms with Gasteiger partial charge in [0.05, 0.1) is 5.69 Å². The van der Waals surface area contributed by atoms with Crippen LogP contribution in [0.5, 0.6) is 0 Å². The van der Waals surface area contributed by atoms with Crippen LogP contribution in [0.4, 0.5) is 5.69 Å². The second-order valence-electron chi connectivity index (χ2n) is 3.62. The van der Waals surface area contributed by atoms with Gasteiger partial charge in [0.25, 0.3) is 0 Å². The van der Waals surface area contributed by atoms with E-state index < -0.39 is 10.0 Å². The zero-order valence-corrected chi connectivity index (χ0v) is 10.3. The molecule has 0 spiro atoms. The van der Waals surface area contributed by atoms with Crippen LogP contribution in [-0.2, 0) is 10.0 Å². The molecule has 4 nitrogen and oxygen atoms in total. The molecule has 1 aromatic rings. The van der Waals surface area contributed by atoms with Crippen LogP contribution in [0.3, 0.4) is 0 Å². The minimum Gasteiger partial charge on any atom is -0.398 e. The summed E-state index contributed by atoms with van der Waals surface area (Å²) in [5, 5.41) is 0. The summed E-state index contributed by atoms with van der Waals surface area (Å²) in [6.45, 7) is 5.63. The Morgan fingerprint density at radius 2 is 2.12 bits per heavy atom. The normalized spacial score (nSPS) is 11.7. The zero-order valence-electron chi connectivity index (χ0n) is 9.47. The van der Waals surface area contributed by atoms with Gasteiger partial charge >= 0.3 is 0 Å². The molecule has 5 heteroatoms. The Morgan fingerprint density at radius 3 is 2.62 bits per heavy atom. The summed E-state index contributed by atoms with van der Waals surface area (Å²) in [7, 11) is -2.02. The second-order valence-corrected chi connectivity index (χ2v) is 5.63. The number of likely N-dealkylation sites (N-methyl/N-ethyl adjacent to an activating group) is 1. The van der Waals surface area contributed by atoms with Gasteiger partial charge in [-0.05, 0) is 24.6 Å². The van der Waals surface area contributed by atoms with Crippen molar-refractivity contribution < 1.29 is 8.42 Å². The number of nitrogens with zero attached hydrogens (tertiary/aromatic N) is 1. The fourth-order valence-corrected chi connectivity index (χ4v) is 2.58. The quantitative estimate of drug-likeness (QED) is 0.639. The first kappa shape index (κ1) is 12.7. The molecule has 0 saturated heterocycles. The molecule has 0 aromatic heterocycles. The van der Waals surface area contributed by atoms with Gasteiger partial charge < -0.3 is 5.73 Å². The van der Waals surface area contributed by atoms with Gasteiger partial charge in [-0.25, -0.2) is 8.42 Å². The van der Waals surface area contributed by atoms with Crippen molar-refractivity contribution in [2.75, 3.05) is 19.3 Å². The lowest BCUT2D eigenvalue weighted by atomic mass is 10.2. The first-order valence-corrected chi connectivity index (χ1v) is 6.27. The van der Waals surface area contributed by atoms with Crippen molar-refractivity contribution in [3.8, 4) is 0 Å². The van der Waals surface area contributed by atoms with Crippen molar-refractivity contribution >= 4 is 15.7 Å². The number of sulfonamides is 1. The lowest BCUT2D eigenvalue weighted by Crippen LogP contribution is -2.27. The summed E-state index contributed by atoms with van der Waals surface area (Å²) in [5.74, 6) is 0. The summed E-state index contributed by atoms with van der Waals surface area (Å²) in [6, 6.07) is 4.90. The van der Waals surface area contributed by atoms with Gasteiger partial charge in [-0.15, -0.1) is 6.58 Å². The van der Waals surface area contributed by atoms with Crippen LogP contribution in [0.15, 0.2) is 35.7 Å². The molecular weight excluding hydrogens is 224 g/mol. The van der Waals surface area contributed by atoms with Gasteiger partial charge in [-0.1, -0.05) is 12.1 Å². The van der Waals surface area contributed by atoms with Crippen LogP contribution in [0.2, 0.25) is 0 Å². The maximum atomic E-state index is 12.1. The summed E-state index contributed by atoms with van der Waals surface area (Å²) in [4.78, 5) is 0.141. The molecule has 0 unspecified atom stereocenters. The molecule has 0 heterocycles. The Bertz CT molecular complexity index is 495. The van der Waals surface area contributed by atoms with E-state index in [0.717, 1.165) is 5.56 Å². The number of anilines is 1. The topological polar surface area (TPSA) is 63.4 Å². The van der Waals surface area contributed by atoms with E-state index in [9.17, 15) is 8.42 Å². The molecule has 16 heavy (non-hydrogen) atoms. The Balaban J connectivity index is 3.22. The Hall–Kier alpha value is -1.33. The lowest BCUT2D eigenvalue weighted by molar-refractivity contribution is 0.500. The van der Waals surface area contributed by atoms with Gasteiger partial charge in [0, 0.05) is 13.6 Å². The van der Waals surface area contributed by atoms with Gasteiger partial charge in [-0.2, -0.15) is 4.31 Å². The standard InChI is InChI=1S/C11H16N2O2S/c1-4-7-13(3)16(14,15)11-6-5-9(2)8-10(11)12/h4-6,8H,1,7,12H2,2-3H3. The van der Waals surface area contributed by atoms with E-state index in [0.29, 0.717) is 0 Å². The van der Waals surface area contributed by atoms with Crippen LogP contribution >= 0.6 is 0 Å². The maximum absolute atomic E-state index is 12.1. The van der Waals surface area contributed by atoms with Crippen LogP contribution in [-0.4, -0.2) is 26.3 Å². The fourth-order valence-electron chi connectivity index (χ4n) is 1.35. The molecule has 0 radical (unpaired) electrons. The number of nitrogens with two attached hydrogens (primary N) is 1. The molecule has 0 saturated carbocycles. The molecular formula is C11H16N2O2S. The monoisotopic (exact) mass is 240 g/mol. The first-order valence-electron chi connectivity index (χ1n) is 4.83. The summed E-state index contributed by atoms with van der Waals surface area (Å²) >= 11 is 0. The molecule has 0 bridgehead atoms. The molecule has 0 atom stereocenters. The van der Waals surface area contributed by atoms with E-state index in [2.05, 4.69) is 6.58 Å². The van der Waals surface area contributed by atoms with Crippen LogP contribution in [0, 0.1) is 6.92 Å². The number of hydrogen-bond donors (Lipinski definition) is 1. The fraction of sp³-hybridized carbons (Fsp3) is 0.273. The highest BCUT2D eigenvalue weighted by molar-refractivity contribution is 7.89. The van der Waals surface area contributed by atoms with Crippen molar-refractivity contribution in [1.29, 1.82) is 0 Å². The van der Waals surface area contributed by atoms with Crippen molar-refractivity contribution in [2.24, 2.45) is 0 Å². The molecule has 2 N–H and O–H groups in total. The predicted molar refractivity (Wildman–Crippen MR) is 65.6 cm³/mol. The van der Waals surface area contributed by atoms with E-state index in [4.69, 9.17) is 5.73 Å². The van der Waals surface area contributed by atoms with E-state index in [1.807, 2.05) is 6.92 Å². The molecule has 0 aliphatic carbocycles. The highest BCUT2D eigenvalue weighted by Gasteiger charge is 2.21. The largest absolute Gasteiger partial charge is 0.398 e. The maximum Gasteiger partial charge on any atom is 0.245 e. The van der Waals surface area contributed by atoms with Crippen LogP contribution < -0.4 is 5.73 Å². The summed E-state index contributed by atoms with van der Waals surface area (Å²) in [5.41, 5.74) is 6.92. The smallest absolute Gasteiger partial charge is 0.245 e. The highest BCUT2D eigenvalue weighted by Crippen LogP contribution is 2.22.